The molecular weight excluding hydrogens is 442 g/mol. The molecule has 1 fully saturated rings. The molecule has 4 rings (SSSR count). The van der Waals surface area contributed by atoms with Gasteiger partial charge in [-0.1, -0.05) is 17.7 Å². The van der Waals surface area contributed by atoms with Crippen LogP contribution in [0.5, 0.6) is 0 Å². The van der Waals surface area contributed by atoms with Gasteiger partial charge in [0.2, 0.25) is 0 Å². The van der Waals surface area contributed by atoms with Crippen molar-refractivity contribution in [3.05, 3.63) is 73.8 Å². The van der Waals surface area contributed by atoms with Gasteiger partial charge in [-0.25, -0.2) is 8.42 Å². The number of rotatable bonds is 5. The van der Waals surface area contributed by atoms with Crippen molar-refractivity contribution in [1.29, 1.82) is 0 Å². The number of anilines is 1. The normalized spacial score (nSPS) is 24.7. The third-order valence-corrected chi connectivity index (χ3v) is 7.98. The summed E-state index contributed by atoms with van der Waals surface area (Å²) in [6.45, 7) is 1.78. The van der Waals surface area contributed by atoms with Crippen molar-refractivity contribution >= 4 is 27.2 Å². The number of ketones is 1. The number of Topliss-reactive ketones (excluding diaryl/α,β-unsaturated/α-hetero) is 1. The number of aryl methyl sites for hydroxylation is 1. The average Bonchev–Trinajstić information content (AvgIpc) is 3.04. The Morgan fingerprint density at radius 2 is 1.75 bits per heavy atom. The van der Waals surface area contributed by atoms with Crippen LogP contribution in [0.25, 0.3) is 0 Å². The van der Waals surface area contributed by atoms with Gasteiger partial charge in [0.25, 0.3) is 21.2 Å². The number of sulfonamides is 1. The summed E-state index contributed by atoms with van der Waals surface area (Å²) in [7, 11) is -3.15. The van der Waals surface area contributed by atoms with E-state index in [-0.39, 0.29) is 22.6 Å². The molecule has 0 unspecified atom stereocenters. The van der Waals surface area contributed by atoms with Gasteiger partial charge in [-0.2, -0.15) is 0 Å². The SMILES string of the molecule is CO[C@@H]1CC(=O)C[C@@H]2N(S(=O)(=O)c3ccc(C)cc3)c3ccc([N+](=O)[O-])cc3[C@@]21[N+](=O)[O-]. The molecule has 12 heteroatoms. The Kier molecular flexibility index (Phi) is 5.01. The van der Waals surface area contributed by atoms with Gasteiger partial charge in [-0.15, -0.1) is 0 Å². The summed E-state index contributed by atoms with van der Waals surface area (Å²) in [6.07, 6.45) is -2.04. The number of nitrogens with zero attached hydrogens (tertiary/aromatic N) is 3. The maximum Gasteiger partial charge on any atom is 0.296 e. The largest absolute Gasteiger partial charge is 0.373 e. The number of hydrogen-bond acceptors (Lipinski definition) is 8. The van der Waals surface area contributed by atoms with E-state index in [2.05, 4.69) is 0 Å². The quantitative estimate of drug-likeness (QED) is 0.486. The second kappa shape index (κ2) is 7.35. The molecule has 2 aliphatic rings. The molecule has 168 valence electrons. The van der Waals surface area contributed by atoms with E-state index in [9.17, 15) is 33.4 Å². The first-order chi connectivity index (χ1) is 15.0. The van der Waals surface area contributed by atoms with Crippen LogP contribution in [0.2, 0.25) is 0 Å². The molecule has 3 atom stereocenters. The van der Waals surface area contributed by atoms with Crippen LogP contribution in [0.15, 0.2) is 47.4 Å². The molecule has 2 aromatic rings. The van der Waals surface area contributed by atoms with Crippen molar-refractivity contribution in [1.82, 2.24) is 0 Å². The highest BCUT2D eigenvalue weighted by atomic mass is 32.2. The molecule has 2 aromatic carbocycles. The molecule has 1 aliphatic heterocycles. The Bertz CT molecular complexity index is 1240. The number of carbonyl (C=O) groups is 1. The van der Waals surface area contributed by atoms with Gasteiger partial charge in [-0.3, -0.25) is 29.3 Å². The van der Waals surface area contributed by atoms with Crippen LogP contribution in [-0.2, 0) is 25.1 Å². The molecule has 0 aromatic heterocycles. The highest BCUT2D eigenvalue weighted by Crippen LogP contribution is 2.55. The van der Waals surface area contributed by atoms with E-state index >= 15 is 0 Å². The molecule has 0 saturated heterocycles. The molecule has 1 heterocycles. The lowest BCUT2D eigenvalue weighted by Crippen LogP contribution is -2.62. The van der Waals surface area contributed by atoms with E-state index < -0.39 is 55.4 Å². The minimum Gasteiger partial charge on any atom is -0.373 e. The minimum absolute atomic E-state index is 0.0744. The molecule has 0 N–H and O–H groups in total. The lowest BCUT2D eigenvalue weighted by molar-refractivity contribution is -0.596. The molecule has 1 aliphatic carbocycles. The van der Waals surface area contributed by atoms with E-state index in [1.807, 2.05) is 0 Å². The first kappa shape index (κ1) is 21.8. The number of methoxy groups -OCH3 is 1. The number of carbonyl (C=O) groups excluding carboxylic acids is 1. The molecule has 1 saturated carbocycles. The molecule has 0 bridgehead atoms. The number of hydrogen-bond donors (Lipinski definition) is 0. The Labute approximate surface area is 182 Å². The van der Waals surface area contributed by atoms with E-state index in [1.165, 1.54) is 25.3 Å². The predicted octanol–water partition coefficient (Wildman–Crippen LogP) is 2.33. The summed E-state index contributed by atoms with van der Waals surface area (Å²) < 4.78 is 33.5. The predicted molar refractivity (Wildman–Crippen MR) is 111 cm³/mol. The van der Waals surface area contributed by atoms with Crippen molar-refractivity contribution in [2.45, 2.75) is 42.3 Å². The van der Waals surface area contributed by atoms with E-state index in [1.54, 1.807) is 19.1 Å². The lowest BCUT2D eigenvalue weighted by Gasteiger charge is -2.39. The summed E-state index contributed by atoms with van der Waals surface area (Å²) in [4.78, 5) is 34.9. The second-order valence-electron chi connectivity index (χ2n) is 7.84. The van der Waals surface area contributed by atoms with Crippen LogP contribution >= 0.6 is 0 Å². The zero-order valence-electron chi connectivity index (χ0n) is 17.1. The van der Waals surface area contributed by atoms with Gasteiger partial charge in [0, 0.05) is 37.0 Å². The maximum atomic E-state index is 13.7. The number of nitro benzene ring substituents is 1. The highest BCUT2D eigenvalue weighted by Gasteiger charge is 2.71. The summed E-state index contributed by atoms with van der Waals surface area (Å²) in [5, 5.41) is 23.9. The number of benzene rings is 2. The fourth-order valence-electron chi connectivity index (χ4n) is 4.69. The minimum atomic E-state index is -4.35. The molecule has 0 radical (unpaired) electrons. The number of ether oxygens (including phenoxy) is 1. The molecule has 32 heavy (non-hydrogen) atoms. The van der Waals surface area contributed by atoms with Gasteiger partial charge in [0.1, 0.15) is 17.9 Å². The monoisotopic (exact) mass is 461 g/mol. The zero-order valence-corrected chi connectivity index (χ0v) is 17.9. The first-order valence-corrected chi connectivity index (χ1v) is 11.1. The van der Waals surface area contributed by atoms with Crippen LogP contribution in [0.4, 0.5) is 11.4 Å². The van der Waals surface area contributed by atoms with Crippen LogP contribution < -0.4 is 4.31 Å². The van der Waals surface area contributed by atoms with E-state index in [0.29, 0.717) is 0 Å². The van der Waals surface area contributed by atoms with Gasteiger partial charge in [-0.05, 0) is 25.1 Å². The highest BCUT2D eigenvalue weighted by molar-refractivity contribution is 7.92. The summed E-state index contributed by atoms with van der Waals surface area (Å²) in [5.41, 5.74) is -2.02. The number of fused-ring (bicyclic) bond motifs is 3. The van der Waals surface area contributed by atoms with Gasteiger partial charge in [0.15, 0.2) is 0 Å². The molecule has 0 spiro atoms. The fourth-order valence-corrected chi connectivity index (χ4v) is 6.38. The third kappa shape index (κ3) is 2.90. The smallest absolute Gasteiger partial charge is 0.296 e. The van der Waals surface area contributed by atoms with Gasteiger partial charge < -0.3 is 4.74 Å². The topological polar surface area (TPSA) is 150 Å². The number of nitro groups is 2. The second-order valence-corrected chi connectivity index (χ2v) is 9.66. The standard InChI is InChI=1S/C20H19N3O8S/c1-12-3-6-15(7-4-12)32(29,30)21-17-8-5-13(22(25)26)9-16(17)20(23(27)28)18(21)10-14(24)11-19(20)31-2/h3-9,18-19H,10-11H2,1-2H3/t18-,19+,20+/m0/s1. The van der Waals surface area contributed by atoms with Gasteiger partial charge >= 0.3 is 0 Å². The summed E-state index contributed by atoms with van der Waals surface area (Å²) >= 11 is 0. The van der Waals surface area contributed by atoms with Crippen molar-refractivity contribution < 1.29 is 27.8 Å². The van der Waals surface area contributed by atoms with Crippen LogP contribution in [-0.4, -0.2) is 43.3 Å². The maximum absolute atomic E-state index is 13.7. The van der Waals surface area contributed by atoms with E-state index in [4.69, 9.17) is 4.74 Å². The molecule has 11 nitrogen and oxygen atoms in total. The average molecular weight is 461 g/mol. The Balaban J connectivity index is 2.05. The van der Waals surface area contributed by atoms with Crippen LogP contribution in [0, 0.1) is 27.2 Å². The van der Waals surface area contributed by atoms with Crippen molar-refractivity contribution in [2.75, 3.05) is 11.4 Å². The molecular formula is C20H19N3O8S. The van der Waals surface area contributed by atoms with Crippen molar-refractivity contribution in [3.8, 4) is 0 Å². The zero-order chi connectivity index (χ0) is 23.4. The van der Waals surface area contributed by atoms with Gasteiger partial charge in [0.05, 0.1) is 21.1 Å². The van der Waals surface area contributed by atoms with Crippen LogP contribution in [0.3, 0.4) is 0 Å². The summed E-state index contributed by atoms with van der Waals surface area (Å²) in [6, 6.07) is 7.77. The van der Waals surface area contributed by atoms with E-state index in [0.717, 1.165) is 22.0 Å². The Morgan fingerprint density at radius 3 is 2.31 bits per heavy atom. The van der Waals surface area contributed by atoms with Crippen LogP contribution in [0.1, 0.15) is 24.0 Å². The number of non-ortho nitro benzene ring substituents is 1. The van der Waals surface area contributed by atoms with Crippen molar-refractivity contribution in [2.24, 2.45) is 0 Å². The van der Waals surface area contributed by atoms with Crippen molar-refractivity contribution in [3.63, 3.8) is 0 Å². The third-order valence-electron chi connectivity index (χ3n) is 6.14. The Morgan fingerprint density at radius 1 is 1.09 bits per heavy atom. The lowest BCUT2D eigenvalue weighted by atomic mass is 9.73. The first-order valence-electron chi connectivity index (χ1n) is 9.64. The Hall–Kier alpha value is -3.38. The molecule has 0 amide bonds. The summed E-state index contributed by atoms with van der Waals surface area (Å²) in [5.74, 6) is -0.397. The fraction of sp³-hybridized carbons (Fsp3) is 0.350.